The smallest absolute Gasteiger partial charge is 0.475 e. The number of carboxylic acids is 1. The largest absolute Gasteiger partial charge is 0.490 e. The molecule has 1 atom stereocenters. The minimum atomic E-state index is -5.08. The van der Waals surface area contributed by atoms with Crippen molar-refractivity contribution in [1.82, 2.24) is 31.0 Å². The summed E-state index contributed by atoms with van der Waals surface area (Å²) >= 11 is 0. The number of ether oxygens (including phenoxy) is 1. The second-order valence-electron chi connectivity index (χ2n) is 16.3. The molecule has 14 nitrogen and oxygen atoms in total. The summed E-state index contributed by atoms with van der Waals surface area (Å²) in [5.41, 5.74) is 5.35. The number of alkyl halides is 3. The second-order valence-corrected chi connectivity index (χ2v) is 16.3. The monoisotopic (exact) mass is 865 g/mol. The van der Waals surface area contributed by atoms with Crippen molar-refractivity contribution in [1.29, 1.82) is 0 Å². The summed E-state index contributed by atoms with van der Waals surface area (Å²) in [6.07, 6.45) is -0.584. The number of alkyl carbamates (subject to hydrolysis) is 1. The van der Waals surface area contributed by atoms with Gasteiger partial charge in [0.05, 0.1) is 11.7 Å². The highest BCUT2D eigenvalue weighted by molar-refractivity contribution is 5.99. The SMILES string of the molecule is CCN(CC)CCNC(=O)c1ccc(-c2ccc(C[C@H](NC(=O)C3CCC(CNC(=O)OC(C)(C)C)CC3)C(=O)Nc3ccc4cn[nH]c4c3)cc2)c(C)c1.O=C(O)C(F)(F)F. The van der Waals surface area contributed by atoms with Crippen molar-refractivity contribution in [2.75, 3.05) is 38.0 Å². The Morgan fingerprint density at radius 3 is 2.18 bits per heavy atom. The van der Waals surface area contributed by atoms with E-state index < -0.39 is 29.9 Å². The van der Waals surface area contributed by atoms with Gasteiger partial charge in [-0.25, -0.2) is 9.59 Å². The number of nitrogens with zero attached hydrogens (tertiary/aromatic N) is 2. The number of aromatic nitrogens is 2. The quantitative estimate of drug-likeness (QED) is 0.0714. The standard InChI is InChI=1S/C43H57N7O5.C2HF3O2/c1-7-50(8-2)22-21-44-39(51)33-18-20-36(28(3)23-33)31-13-9-29(10-14-31)24-38(41(53)47-35-19-17-34-27-46-49-37(34)25-35)48-40(52)32-15-11-30(12-16-32)26-45-42(54)55-43(4,5)6;3-2(4,5)1(6)7/h9-10,13-14,17-20,23,25,27,30,32,38H,7-8,11-12,15-16,21-22,24,26H2,1-6H3,(H,44,51)(H,45,54)(H,46,49)(H,47,53)(H,48,52);(H,6,7)/t30?,32?,38-;/m0./s1. The van der Waals surface area contributed by atoms with Crippen molar-refractivity contribution in [3.05, 3.63) is 83.6 Å². The van der Waals surface area contributed by atoms with Crippen LogP contribution in [0.2, 0.25) is 0 Å². The second kappa shape index (κ2) is 22.2. The van der Waals surface area contributed by atoms with Crippen molar-refractivity contribution < 1.29 is 47.0 Å². The Morgan fingerprint density at radius 1 is 0.919 bits per heavy atom. The minimum absolute atomic E-state index is 0.0868. The zero-order valence-electron chi connectivity index (χ0n) is 36.1. The number of benzene rings is 3. The zero-order chi connectivity index (χ0) is 45.6. The lowest BCUT2D eigenvalue weighted by atomic mass is 9.81. The van der Waals surface area contributed by atoms with Crippen molar-refractivity contribution >= 4 is 46.4 Å². The third-order valence-corrected chi connectivity index (χ3v) is 10.5. The fraction of sp³-hybridized carbons (Fsp3) is 0.467. The van der Waals surface area contributed by atoms with Crippen LogP contribution in [0, 0.1) is 18.8 Å². The summed E-state index contributed by atoms with van der Waals surface area (Å²) in [6.45, 7) is 15.5. The first kappa shape index (κ1) is 48.7. The van der Waals surface area contributed by atoms with E-state index in [4.69, 9.17) is 14.6 Å². The van der Waals surface area contributed by atoms with E-state index in [1.54, 1.807) is 6.20 Å². The molecule has 0 spiro atoms. The van der Waals surface area contributed by atoms with Crippen LogP contribution < -0.4 is 21.3 Å². The zero-order valence-corrected chi connectivity index (χ0v) is 36.1. The number of carbonyl (C=O) groups excluding carboxylic acids is 4. The number of nitrogens with one attached hydrogen (secondary N) is 5. The Morgan fingerprint density at radius 2 is 1.58 bits per heavy atom. The minimum Gasteiger partial charge on any atom is -0.475 e. The molecule has 1 aliphatic rings. The van der Waals surface area contributed by atoms with E-state index in [-0.39, 0.29) is 29.6 Å². The van der Waals surface area contributed by atoms with Crippen LogP contribution in [0.5, 0.6) is 0 Å². The average Bonchev–Trinajstić information content (AvgIpc) is 3.69. The van der Waals surface area contributed by atoms with Gasteiger partial charge in [0.2, 0.25) is 11.8 Å². The van der Waals surface area contributed by atoms with Gasteiger partial charge >= 0.3 is 18.2 Å². The molecule has 0 aliphatic heterocycles. The van der Waals surface area contributed by atoms with Gasteiger partial charge < -0.3 is 36.0 Å². The van der Waals surface area contributed by atoms with Crippen molar-refractivity contribution in [3.8, 4) is 11.1 Å². The van der Waals surface area contributed by atoms with Crippen LogP contribution in [0.3, 0.4) is 0 Å². The molecule has 6 N–H and O–H groups in total. The van der Waals surface area contributed by atoms with Crippen LogP contribution in [0.4, 0.5) is 23.7 Å². The highest BCUT2D eigenvalue weighted by Crippen LogP contribution is 2.30. The summed E-state index contributed by atoms with van der Waals surface area (Å²) in [4.78, 5) is 63.6. The molecule has 17 heteroatoms. The van der Waals surface area contributed by atoms with Gasteiger partial charge in [-0.1, -0.05) is 44.2 Å². The molecule has 0 unspecified atom stereocenters. The van der Waals surface area contributed by atoms with E-state index in [1.165, 1.54) is 0 Å². The lowest BCUT2D eigenvalue weighted by molar-refractivity contribution is -0.192. The molecule has 3 aromatic carbocycles. The number of aliphatic carboxylic acids is 1. The molecule has 1 aromatic heterocycles. The fourth-order valence-corrected chi connectivity index (χ4v) is 7.07. The molecule has 5 rings (SSSR count). The van der Waals surface area contributed by atoms with E-state index in [1.807, 2.05) is 88.4 Å². The van der Waals surface area contributed by atoms with Crippen LogP contribution >= 0.6 is 0 Å². The molecule has 62 heavy (non-hydrogen) atoms. The maximum Gasteiger partial charge on any atom is 0.490 e. The summed E-state index contributed by atoms with van der Waals surface area (Å²) < 4.78 is 37.1. The predicted molar refractivity (Wildman–Crippen MR) is 230 cm³/mol. The summed E-state index contributed by atoms with van der Waals surface area (Å²) in [6, 6.07) is 18.4. The molecule has 1 saturated carbocycles. The van der Waals surface area contributed by atoms with Crippen LogP contribution in [-0.2, 0) is 25.5 Å². The normalized spacial score (nSPS) is 15.8. The number of halogens is 3. The molecular weight excluding hydrogens is 808 g/mol. The summed E-state index contributed by atoms with van der Waals surface area (Å²) in [5, 5.41) is 27.0. The topological polar surface area (TPSA) is 195 Å². The Hall–Kier alpha value is -5.97. The van der Waals surface area contributed by atoms with Gasteiger partial charge in [0, 0.05) is 48.6 Å². The number of likely N-dealkylation sites (N-methyl/N-ethyl adjacent to an activating group) is 1. The first-order valence-corrected chi connectivity index (χ1v) is 20.8. The van der Waals surface area contributed by atoms with Gasteiger partial charge in [-0.3, -0.25) is 19.5 Å². The van der Waals surface area contributed by atoms with Gasteiger partial charge in [0.25, 0.3) is 5.91 Å². The van der Waals surface area contributed by atoms with Crippen LogP contribution in [0.25, 0.3) is 22.0 Å². The van der Waals surface area contributed by atoms with E-state index in [9.17, 15) is 32.3 Å². The number of rotatable bonds is 15. The lowest BCUT2D eigenvalue weighted by Gasteiger charge is -2.29. The van der Waals surface area contributed by atoms with Crippen LogP contribution in [-0.4, -0.2) is 101 Å². The van der Waals surface area contributed by atoms with Crippen LogP contribution in [0.1, 0.15) is 81.8 Å². The van der Waals surface area contributed by atoms with E-state index >= 15 is 0 Å². The highest BCUT2D eigenvalue weighted by atomic mass is 19.4. The number of hydrogen-bond acceptors (Lipinski definition) is 8. The molecule has 0 radical (unpaired) electrons. The van der Waals surface area contributed by atoms with Gasteiger partial charge in [-0.05, 0) is 125 Å². The molecule has 4 aromatic rings. The highest BCUT2D eigenvalue weighted by Gasteiger charge is 2.38. The maximum atomic E-state index is 13.8. The number of aryl methyl sites for hydroxylation is 1. The van der Waals surface area contributed by atoms with Gasteiger partial charge in [0.15, 0.2) is 0 Å². The summed E-state index contributed by atoms with van der Waals surface area (Å²) in [7, 11) is 0. The fourth-order valence-electron chi connectivity index (χ4n) is 7.07. The molecule has 336 valence electrons. The molecule has 1 aliphatic carbocycles. The van der Waals surface area contributed by atoms with Gasteiger partial charge in [-0.15, -0.1) is 0 Å². The molecule has 1 fully saturated rings. The third kappa shape index (κ3) is 15.2. The third-order valence-electron chi connectivity index (χ3n) is 10.5. The summed E-state index contributed by atoms with van der Waals surface area (Å²) in [5.74, 6) is -3.28. The Kier molecular flexibility index (Phi) is 17.5. The Bertz CT molecular complexity index is 2140. The predicted octanol–water partition coefficient (Wildman–Crippen LogP) is 7.24. The van der Waals surface area contributed by atoms with Gasteiger partial charge in [0.1, 0.15) is 11.6 Å². The number of amides is 4. The molecular formula is C45H58F3N7O7. The number of fused-ring (bicyclic) bond motifs is 1. The number of carbonyl (C=O) groups is 5. The Labute approximate surface area is 359 Å². The number of anilines is 1. The number of carboxylic acid groups (broad SMARTS) is 1. The molecule has 1 heterocycles. The Balaban J connectivity index is 0.00000111. The van der Waals surface area contributed by atoms with Crippen molar-refractivity contribution in [3.63, 3.8) is 0 Å². The number of aromatic amines is 1. The number of hydrogen-bond donors (Lipinski definition) is 6. The van der Waals surface area contributed by atoms with E-state index in [0.717, 1.165) is 65.6 Å². The van der Waals surface area contributed by atoms with Crippen LogP contribution in [0.15, 0.2) is 66.9 Å². The van der Waals surface area contributed by atoms with Crippen molar-refractivity contribution in [2.45, 2.75) is 91.5 Å². The maximum absolute atomic E-state index is 13.8. The van der Waals surface area contributed by atoms with E-state index in [0.29, 0.717) is 43.6 Å². The van der Waals surface area contributed by atoms with E-state index in [2.05, 4.69) is 50.2 Å². The molecule has 0 saturated heterocycles. The first-order valence-electron chi connectivity index (χ1n) is 20.8. The first-order chi connectivity index (χ1) is 29.3. The van der Waals surface area contributed by atoms with Crippen molar-refractivity contribution in [2.24, 2.45) is 11.8 Å². The average molecular weight is 866 g/mol. The molecule has 0 bridgehead atoms. The number of H-pyrrole nitrogens is 1. The molecule has 4 amide bonds. The lowest BCUT2D eigenvalue weighted by Crippen LogP contribution is -2.48. The van der Waals surface area contributed by atoms with Gasteiger partial charge in [-0.2, -0.15) is 18.3 Å².